The van der Waals surface area contributed by atoms with Crippen LogP contribution in [0.1, 0.15) is 58.8 Å². The molecule has 1 aliphatic carbocycles. The summed E-state index contributed by atoms with van der Waals surface area (Å²) in [6.45, 7) is 5.94. The Morgan fingerprint density at radius 3 is 2.61 bits per heavy atom. The van der Waals surface area contributed by atoms with Gasteiger partial charge in [-0.25, -0.2) is 0 Å². The first-order valence-corrected chi connectivity index (χ1v) is 7.75. The minimum Gasteiger partial charge on any atom is -0.379 e. The van der Waals surface area contributed by atoms with Gasteiger partial charge in [0.1, 0.15) is 0 Å². The van der Waals surface area contributed by atoms with Crippen LogP contribution in [-0.2, 0) is 4.74 Å². The number of hydrogen-bond donors (Lipinski definition) is 2. The molecule has 0 heterocycles. The Kier molecular flexibility index (Phi) is 8.34. The van der Waals surface area contributed by atoms with Crippen LogP contribution in [-0.4, -0.2) is 30.4 Å². The van der Waals surface area contributed by atoms with E-state index in [2.05, 4.69) is 24.5 Å². The Labute approximate surface area is 117 Å². The van der Waals surface area contributed by atoms with Crippen LogP contribution in [0.25, 0.3) is 0 Å². The molecule has 0 aromatic carbocycles. The molecule has 1 fully saturated rings. The normalized spacial score (nSPS) is 16.8. The van der Waals surface area contributed by atoms with Crippen LogP contribution in [0.15, 0.2) is 0 Å². The van der Waals surface area contributed by atoms with Crippen molar-refractivity contribution in [1.29, 1.82) is 0 Å². The molecule has 18 heavy (non-hydrogen) atoms. The number of rotatable bonds is 7. The lowest BCUT2D eigenvalue weighted by molar-refractivity contribution is 0.0762. The molecule has 0 atom stereocenters. The van der Waals surface area contributed by atoms with Crippen LogP contribution >= 0.6 is 12.2 Å². The Morgan fingerprint density at radius 2 is 1.94 bits per heavy atom. The molecule has 4 heteroatoms. The summed E-state index contributed by atoms with van der Waals surface area (Å²) in [4.78, 5) is 0. The van der Waals surface area contributed by atoms with Crippen molar-refractivity contribution in [2.75, 3.05) is 13.2 Å². The van der Waals surface area contributed by atoms with Gasteiger partial charge in [0.05, 0.1) is 6.10 Å². The highest BCUT2D eigenvalue weighted by Crippen LogP contribution is 2.17. The van der Waals surface area contributed by atoms with Gasteiger partial charge in [0.15, 0.2) is 5.11 Å². The molecule has 1 rings (SSSR count). The van der Waals surface area contributed by atoms with E-state index in [0.29, 0.717) is 12.1 Å². The zero-order chi connectivity index (χ0) is 13.2. The minimum absolute atomic E-state index is 0.340. The molecule has 3 nitrogen and oxygen atoms in total. The van der Waals surface area contributed by atoms with E-state index in [1.54, 1.807) is 0 Å². The van der Waals surface area contributed by atoms with Crippen molar-refractivity contribution < 1.29 is 4.74 Å². The molecule has 0 unspecified atom stereocenters. The summed E-state index contributed by atoms with van der Waals surface area (Å²) in [6, 6.07) is 0.600. The fourth-order valence-corrected chi connectivity index (χ4v) is 2.50. The van der Waals surface area contributed by atoms with Crippen LogP contribution in [0.4, 0.5) is 0 Å². The highest BCUT2D eigenvalue weighted by atomic mass is 32.1. The van der Waals surface area contributed by atoms with Gasteiger partial charge in [-0.15, -0.1) is 0 Å². The van der Waals surface area contributed by atoms with Crippen LogP contribution < -0.4 is 10.6 Å². The summed E-state index contributed by atoms with van der Waals surface area (Å²) >= 11 is 5.30. The Balaban J connectivity index is 1.93. The second kappa shape index (κ2) is 9.56. The number of thiocarbonyl (C=S) groups is 1. The van der Waals surface area contributed by atoms with Crippen LogP contribution in [0.2, 0.25) is 0 Å². The fraction of sp³-hybridized carbons (Fsp3) is 0.929. The van der Waals surface area contributed by atoms with Gasteiger partial charge >= 0.3 is 0 Å². The summed E-state index contributed by atoms with van der Waals surface area (Å²) in [5, 5.41) is 7.53. The first kappa shape index (κ1) is 15.7. The van der Waals surface area contributed by atoms with Gasteiger partial charge in [-0.3, -0.25) is 0 Å². The molecule has 0 aliphatic heterocycles. The van der Waals surface area contributed by atoms with Crippen molar-refractivity contribution in [2.24, 2.45) is 0 Å². The summed E-state index contributed by atoms with van der Waals surface area (Å²) in [5.41, 5.74) is 0. The Hall–Kier alpha value is -0.350. The van der Waals surface area contributed by atoms with Crippen LogP contribution in [0.3, 0.4) is 0 Å². The molecule has 0 spiro atoms. The monoisotopic (exact) mass is 272 g/mol. The number of unbranched alkanes of at least 4 members (excludes halogenated alkanes) is 1. The second-order valence-electron chi connectivity index (χ2n) is 5.36. The fourth-order valence-electron chi connectivity index (χ4n) is 2.23. The zero-order valence-corrected chi connectivity index (χ0v) is 12.7. The first-order chi connectivity index (χ1) is 8.68. The van der Waals surface area contributed by atoms with Gasteiger partial charge in [0.25, 0.3) is 0 Å². The highest BCUT2D eigenvalue weighted by molar-refractivity contribution is 7.80. The quantitative estimate of drug-likeness (QED) is 0.551. The molecule has 1 saturated carbocycles. The molecular weight excluding hydrogens is 244 g/mol. The lowest BCUT2D eigenvalue weighted by Gasteiger charge is -2.24. The van der Waals surface area contributed by atoms with Crippen molar-refractivity contribution in [3.63, 3.8) is 0 Å². The summed E-state index contributed by atoms with van der Waals surface area (Å²) in [5.74, 6) is 0. The Morgan fingerprint density at radius 1 is 1.22 bits per heavy atom. The predicted octanol–water partition coefficient (Wildman–Crippen LogP) is 2.99. The average molecular weight is 272 g/mol. The minimum atomic E-state index is 0.340. The van der Waals surface area contributed by atoms with E-state index in [1.165, 1.54) is 32.1 Å². The van der Waals surface area contributed by atoms with Crippen molar-refractivity contribution in [3.05, 3.63) is 0 Å². The SMILES string of the molecule is CC(C)OCCCCNC(=S)NC1CCCCC1. The maximum absolute atomic E-state index is 5.49. The lowest BCUT2D eigenvalue weighted by Crippen LogP contribution is -2.43. The van der Waals surface area contributed by atoms with E-state index in [0.717, 1.165) is 31.1 Å². The molecule has 106 valence electrons. The summed E-state index contributed by atoms with van der Waals surface area (Å²) in [7, 11) is 0. The zero-order valence-electron chi connectivity index (χ0n) is 11.8. The summed E-state index contributed by atoms with van der Waals surface area (Å²) in [6.07, 6.45) is 9.14. The molecular formula is C14H28N2OS. The second-order valence-corrected chi connectivity index (χ2v) is 5.77. The van der Waals surface area contributed by atoms with E-state index in [9.17, 15) is 0 Å². The van der Waals surface area contributed by atoms with Crippen molar-refractivity contribution >= 4 is 17.3 Å². The van der Waals surface area contributed by atoms with E-state index < -0.39 is 0 Å². The molecule has 2 N–H and O–H groups in total. The molecule has 0 radical (unpaired) electrons. The average Bonchev–Trinajstić information content (AvgIpc) is 2.34. The van der Waals surface area contributed by atoms with E-state index >= 15 is 0 Å². The van der Waals surface area contributed by atoms with Gasteiger partial charge in [0.2, 0.25) is 0 Å². The Bertz CT molecular complexity index is 228. The molecule has 0 saturated heterocycles. The van der Waals surface area contributed by atoms with Crippen molar-refractivity contribution in [1.82, 2.24) is 10.6 Å². The van der Waals surface area contributed by atoms with Crippen molar-refractivity contribution in [2.45, 2.75) is 70.9 Å². The van der Waals surface area contributed by atoms with E-state index in [1.807, 2.05) is 0 Å². The van der Waals surface area contributed by atoms with Crippen LogP contribution in [0, 0.1) is 0 Å². The molecule has 0 aromatic heterocycles. The molecule has 0 aromatic rings. The van der Waals surface area contributed by atoms with Gasteiger partial charge in [-0.05, 0) is 51.7 Å². The molecule has 0 amide bonds. The highest BCUT2D eigenvalue weighted by Gasteiger charge is 2.13. The molecule has 1 aliphatic rings. The number of nitrogens with one attached hydrogen (secondary N) is 2. The number of ether oxygens (including phenoxy) is 1. The van der Waals surface area contributed by atoms with Crippen molar-refractivity contribution in [3.8, 4) is 0 Å². The van der Waals surface area contributed by atoms with E-state index in [4.69, 9.17) is 17.0 Å². The van der Waals surface area contributed by atoms with E-state index in [-0.39, 0.29) is 0 Å². The van der Waals surface area contributed by atoms with Gasteiger partial charge < -0.3 is 15.4 Å². The molecule has 0 bridgehead atoms. The van der Waals surface area contributed by atoms with Gasteiger partial charge in [-0.2, -0.15) is 0 Å². The largest absolute Gasteiger partial charge is 0.379 e. The smallest absolute Gasteiger partial charge is 0.166 e. The maximum atomic E-state index is 5.49. The topological polar surface area (TPSA) is 33.3 Å². The third kappa shape index (κ3) is 7.88. The van der Waals surface area contributed by atoms with Gasteiger partial charge in [0, 0.05) is 19.2 Å². The summed E-state index contributed by atoms with van der Waals surface area (Å²) < 4.78 is 5.49. The maximum Gasteiger partial charge on any atom is 0.166 e. The van der Waals surface area contributed by atoms with Crippen LogP contribution in [0.5, 0.6) is 0 Å². The third-order valence-electron chi connectivity index (χ3n) is 3.25. The standard InChI is InChI=1S/C14H28N2OS/c1-12(2)17-11-7-6-10-15-14(18)16-13-8-4-3-5-9-13/h12-13H,3-11H2,1-2H3,(H2,15,16,18). The number of hydrogen-bond acceptors (Lipinski definition) is 2. The van der Waals surface area contributed by atoms with Gasteiger partial charge in [-0.1, -0.05) is 19.3 Å². The first-order valence-electron chi connectivity index (χ1n) is 7.34. The lowest BCUT2D eigenvalue weighted by atomic mass is 9.96. The predicted molar refractivity (Wildman–Crippen MR) is 80.9 cm³/mol. The third-order valence-corrected chi connectivity index (χ3v) is 3.51.